The van der Waals surface area contributed by atoms with Gasteiger partial charge in [-0.1, -0.05) is 29.8 Å². The van der Waals surface area contributed by atoms with Crippen molar-refractivity contribution >= 4 is 23.2 Å². The Balaban J connectivity index is 2.07. The number of carbonyl (C=O) groups is 1. The monoisotopic (exact) mass is 290 g/mol. The third-order valence-corrected chi connectivity index (χ3v) is 3.24. The molecule has 1 aromatic carbocycles. The van der Waals surface area contributed by atoms with Gasteiger partial charge in [0.2, 0.25) is 5.91 Å². The zero-order chi connectivity index (χ0) is 14.5. The molecular formula is C15H15ClN2O2. The van der Waals surface area contributed by atoms with Gasteiger partial charge in [0, 0.05) is 5.56 Å². The Morgan fingerprint density at radius 1 is 1.40 bits per heavy atom. The van der Waals surface area contributed by atoms with E-state index in [2.05, 4.69) is 10.3 Å². The molecule has 104 valence electrons. The van der Waals surface area contributed by atoms with Crippen molar-refractivity contribution in [1.29, 1.82) is 0 Å². The SMILES string of the molecule is COc1ccccc1CC(=O)Nc1cnc(Cl)c(C)c1. The van der Waals surface area contributed by atoms with Crippen molar-refractivity contribution in [3.63, 3.8) is 0 Å². The molecule has 1 heterocycles. The maximum atomic E-state index is 12.0. The summed E-state index contributed by atoms with van der Waals surface area (Å²) in [5, 5.41) is 3.23. The van der Waals surface area contributed by atoms with Gasteiger partial charge in [-0.3, -0.25) is 4.79 Å². The normalized spacial score (nSPS) is 10.2. The van der Waals surface area contributed by atoms with E-state index in [4.69, 9.17) is 16.3 Å². The lowest BCUT2D eigenvalue weighted by molar-refractivity contribution is -0.115. The third kappa shape index (κ3) is 3.48. The van der Waals surface area contributed by atoms with Crippen molar-refractivity contribution < 1.29 is 9.53 Å². The quantitative estimate of drug-likeness (QED) is 0.880. The molecule has 0 atom stereocenters. The van der Waals surface area contributed by atoms with Crippen molar-refractivity contribution in [2.24, 2.45) is 0 Å². The maximum Gasteiger partial charge on any atom is 0.228 e. The second-order valence-corrected chi connectivity index (χ2v) is 4.73. The minimum absolute atomic E-state index is 0.127. The highest BCUT2D eigenvalue weighted by Gasteiger charge is 2.09. The first-order valence-electron chi connectivity index (χ1n) is 6.14. The number of pyridine rings is 1. The van der Waals surface area contributed by atoms with E-state index in [0.717, 1.165) is 11.1 Å². The molecule has 0 spiro atoms. The average molecular weight is 291 g/mol. The minimum Gasteiger partial charge on any atom is -0.496 e. The van der Waals surface area contributed by atoms with E-state index in [1.54, 1.807) is 13.2 Å². The van der Waals surface area contributed by atoms with Crippen LogP contribution in [0, 0.1) is 6.92 Å². The topological polar surface area (TPSA) is 51.2 Å². The first-order valence-corrected chi connectivity index (χ1v) is 6.52. The van der Waals surface area contributed by atoms with Gasteiger partial charge in [-0.15, -0.1) is 0 Å². The van der Waals surface area contributed by atoms with Crippen LogP contribution < -0.4 is 10.1 Å². The Kier molecular flexibility index (Phi) is 4.58. The molecule has 0 radical (unpaired) electrons. The molecule has 4 nitrogen and oxygen atoms in total. The van der Waals surface area contributed by atoms with Crippen LogP contribution in [0.15, 0.2) is 36.5 Å². The van der Waals surface area contributed by atoms with Crippen LogP contribution in [0.1, 0.15) is 11.1 Å². The Morgan fingerprint density at radius 2 is 2.15 bits per heavy atom. The van der Waals surface area contributed by atoms with Gasteiger partial charge >= 0.3 is 0 Å². The number of anilines is 1. The molecule has 1 aromatic heterocycles. The number of para-hydroxylation sites is 1. The fourth-order valence-corrected chi connectivity index (χ4v) is 1.96. The number of aromatic nitrogens is 1. The number of hydrogen-bond acceptors (Lipinski definition) is 3. The lowest BCUT2D eigenvalue weighted by Gasteiger charge is -2.09. The maximum absolute atomic E-state index is 12.0. The Bertz CT molecular complexity index is 629. The van der Waals surface area contributed by atoms with Crippen LogP contribution >= 0.6 is 11.6 Å². The highest BCUT2D eigenvalue weighted by Crippen LogP contribution is 2.19. The smallest absolute Gasteiger partial charge is 0.228 e. The minimum atomic E-state index is -0.127. The number of benzene rings is 1. The van der Waals surface area contributed by atoms with Crippen LogP contribution in [0.25, 0.3) is 0 Å². The molecule has 0 saturated heterocycles. The van der Waals surface area contributed by atoms with Gasteiger partial charge in [-0.05, 0) is 24.6 Å². The van der Waals surface area contributed by atoms with Crippen LogP contribution in [0.4, 0.5) is 5.69 Å². The molecule has 0 saturated carbocycles. The van der Waals surface area contributed by atoms with Crippen molar-refractivity contribution in [1.82, 2.24) is 4.98 Å². The molecule has 0 fully saturated rings. The standard InChI is InChI=1S/C15H15ClN2O2/c1-10-7-12(9-17-15(10)16)18-14(19)8-11-5-3-4-6-13(11)20-2/h3-7,9H,8H2,1-2H3,(H,18,19). The molecule has 1 amide bonds. The Morgan fingerprint density at radius 3 is 2.85 bits per heavy atom. The molecule has 0 aliphatic carbocycles. The highest BCUT2D eigenvalue weighted by atomic mass is 35.5. The molecule has 2 rings (SSSR count). The first-order chi connectivity index (χ1) is 9.60. The van der Waals surface area contributed by atoms with Gasteiger partial charge in [0.05, 0.1) is 25.4 Å². The highest BCUT2D eigenvalue weighted by molar-refractivity contribution is 6.30. The summed E-state index contributed by atoms with van der Waals surface area (Å²) < 4.78 is 5.22. The van der Waals surface area contributed by atoms with E-state index in [-0.39, 0.29) is 12.3 Å². The molecule has 0 unspecified atom stereocenters. The first kappa shape index (κ1) is 14.3. The Hall–Kier alpha value is -2.07. The molecule has 20 heavy (non-hydrogen) atoms. The number of hydrogen-bond donors (Lipinski definition) is 1. The van der Waals surface area contributed by atoms with E-state index >= 15 is 0 Å². The summed E-state index contributed by atoms with van der Waals surface area (Å²) in [5.41, 5.74) is 2.29. The number of halogens is 1. The van der Waals surface area contributed by atoms with Crippen LogP contribution in [0.3, 0.4) is 0 Å². The number of amides is 1. The van der Waals surface area contributed by atoms with Gasteiger partial charge in [-0.25, -0.2) is 4.98 Å². The number of nitrogens with zero attached hydrogens (tertiary/aromatic N) is 1. The summed E-state index contributed by atoms with van der Waals surface area (Å²) >= 11 is 5.85. The van der Waals surface area contributed by atoms with Crippen molar-refractivity contribution in [3.8, 4) is 5.75 Å². The van der Waals surface area contributed by atoms with Crippen molar-refractivity contribution in [3.05, 3.63) is 52.8 Å². The number of methoxy groups -OCH3 is 1. The van der Waals surface area contributed by atoms with E-state index in [0.29, 0.717) is 16.6 Å². The number of aryl methyl sites for hydroxylation is 1. The summed E-state index contributed by atoms with van der Waals surface area (Å²) in [6, 6.07) is 9.22. The lowest BCUT2D eigenvalue weighted by atomic mass is 10.1. The van der Waals surface area contributed by atoms with Crippen LogP contribution in [-0.4, -0.2) is 18.0 Å². The number of rotatable bonds is 4. The zero-order valence-electron chi connectivity index (χ0n) is 11.3. The Labute approximate surface area is 122 Å². The predicted molar refractivity (Wildman–Crippen MR) is 79.3 cm³/mol. The molecule has 2 aromatic rings. The second-order valence-electron chi connectivity index (χ2n) is 4.37. The van der Waals surface area contributed by atoms with E-state index in [1.807, 2.05) is 31.2 Å². The second kappa shape index (κ2) is 6.39. The predicted octanol–water partition coefficient (Wildman–Crippen LogP) is 3.23. The van der Waals surface area contributed by atoms with Crippen molar-refractivity contribution in [2.45, 2.75) is 13.3 Å². The van der Waals surface area contributed by atoms with Crippen molar-refractivity contribution in [2.75, 3.05) is 12.4 Å². The summed E-state index contributed by atoms with van der Waals surface area (Å²) in [6.45, 7) is 1.84. The molecular weight excluding hydrogens is 276 g/mol. The van der Waals surface area contributed by atoms with Crippen LogP contribution in [-0.2, 0) is 11.2 Å². The van der Waals surface area contributed by atoms with Crippen LogP contribution in [0.2, 0.25) is 5.15 Å². The zero-order valence-corrected chi connectivity index (χ0v) is 12.1. The molecule has 5 heteroatoms. The molecule has 0 aliphatic rings. The van der Waals surface area contributed by atoms with Gasteiger partial charge in [-0.2, -0.15) is 0 Å². The molecule has 0 aliphatic heterocycles. The average Bonchev–Trinajstić information content (AvgIpc) is 2.43. The van der Waals surface area contributed by atoms with E-state index < -0.39 is 0 Å². The number of nitrogens with one attached hydrogen (secondary N) is 1. The fourth-order valence-electron chi connectivity index (χ4n) is 1.85. The van der Waals surface area contributed by atoms with Gasteiger partial charge in [0.15, 0.2) is 0 Å². The summed E-state index contributed by atoms with van der Waals surface area (Å²) in [6.07, 6.45) is 1.78. The lowest BCUT2D eigenvalue weighted by Crippen LogP contribution is -2.15. The van der Waals surface area contributed by atoms with E-state index in [1.165, 1.54) is 6.20 Å². The van der Waals surface area contributed by atoms with Gasteiger partial charge in [0.1, 0.15) is 10.9 Å². The van der Waals surface area contributed by atoms with Gasteiger partial charge < -0.3 is 10.1 Å². The molecule has 0 bridgehead atoms. The molecule has 1 N–H and O–H groups in total. The fraction of sp³-hybridized carbons (Fsp3) is 0.200. The number of ether oxygens (including phenoxy) is 1. The van der Waals surface area contributed by atoms with E-state index in [9.17, 15) is 4.79 Å². The summed E-state index contributed by atoms with van der Waals surface area (Å²) in [4.78, 5) is 16.0. The largest absolute Gasteiger partial charge is 0.496 e. The summed E-state index contributed by atoms with van der Waals surface area (Å²) in [7, 11) is 1.59. The van der Waals surface area contributed by atoms with Crippen LogP contribution in [0.5, 0.6) is 5.75 Å². The summed E-state index contributed by atoms with van der Waals surface area (Å²) in [5.74, 6) is 0.575. The number of carbonyl (C=O) groups excluding carboxylic acids is 1. The third-order valence-electron chi connectivity index (χ3n) is 2.84. The van der Waals surface area contributed by atoms with Gasteiger partial charge in [0.25, 0.3) is 0 Å².